The molecule has 0 fully saturated rings. The second kappa shape index (κ2) is 7.16. The highest BCUT2D eigenvalue weighted by Crippen LogP contribution is 2.45. The van der Waals surface area contributed by atoms with Crippen molar-refractivity contribution in [1.82, 2.24) is 9.97 Å². The number of ether oxygens (including phenoxy) is 1. The number of alkyl halides is 3. The maximum absolute atomic E-state index is 12.5. The summed E-state index contributed by atoms with van der Waals surface area (Å²) in [5.74, 6) is -0.248. The van der Waals surface area contributed by atoms with Gasteiger partial charge in [-0.05, 0) is 48.0 Å². The summed E-state index contributed by atoms with van der Waals surface area (Å²) in [5, 5.41) is 0.957. The third-order valence-corrected chi connectivity index (χ3v) is 5.23. The van der Waals surface area contributed by atoms with Gasteiger partial charge in [0.15, 0.2) is 0 Å². The molecule has 0 bridgehead atoms. The van der Waals surface area contributed by atoms with Crippen LogP contribution in [0.5, 0.6) is 5.75 Å². The van der Waals surface area contributed by atoms with E-state index in [2.05, 4.69) is 30.6 Å². The molecule has 0 amide bonds. The highest BCUT2D eigenvalue weighted by Gasteiger charge is 2.31. The van der Waals surface area contributed by atoms with E-state index in [9.17, 15) is 13.2 Å². The molecule has 0 radical (unpaired) electrons. The summed E-state index contributed by atoms with van der Waals surface area (Å²) in [5.41, 5.74) is 5.52. The molecule has 1 aliphatic rings. The topological polar surface area (TPSA) is 41.5 Å². The predicted octanol–water partition coefficient (Wildman–Crippen LogP) is 5.74. The van der Waals surface area contributed by atoms with E-state index in [0.29, 0.717) is 6.67 Å². The van der Waals surface area contributed by atoms with Crippen LogP contribution in [0, 0.1) is 0 Å². The number of aromatic nitrogens is 2. The Morgan fingerprint density at radius 3 is 2.48 bits per heavy atom. The minimum absolute atomic E-state index is 0.248. The van der Waals surface area contributed by atoms with E-state index < -0.39 is 6.36 Å². The van der Waals surface area contributed by atoms with Crippen LogP contribution >= 0.6 is 0 Å². The molecule has 0 atom stereocenters. The summed E-state index contributed by atoms with van der Waals surface area (Å²) in [7, 11) is 1.96. The van der Waals surface area contributed by atoms with Gasteiger partial charge in [0.1, 0.15) is 5.75 Å². The number of fused-ring (bicyclic) bond motifs is 3. The smallest absolute Gasteiger partial charge is 0.406 e. The minimum atomic E-state index is -4.72. The van der Waals surface area contributed by atoms with Gasteiger partial charge in [0.2, 0.25) is 0 Å². The van der Waals surface area contributed by atoms with Gasteiger partial charge in [-0.1, -0.05) is 12.1 Å². The van der Waals surface area contributed by atoms with Gasteiger partial charge >= 0.3 is 6.36 Å². The van der Waals surface area contributed by atoms with Crippen LogP contribution in [0.1, 0.15) is 0 Å². The summed E-state index contributed by atoms with van der Waals surface area (Å²) < 4.78 is 41.5. The number of hydrogen-bond donors (Lipinski definition) is 0. The Kier molecular flexibility index (Phi) is 4.43. The Labute approximate surface area is 176 Å². The van der Waals surface area contributed by atoms with E-state index in [4.69, 9.17) is 0 Å². The number of nitrogens with zero attached hydrogens (tertiary/aromatic N) is 4. The van der Waals surface area contributed by atoms with E-state index >= 15 is 0 Å². The lowest BCUT2D eigenvalue weighted by Gasteiger charge is -2.21. The average molecular weight is 422 g/mol. The largest absolute Gasteiger partial charge is 0.573 e. The van der Waals surface area contributed by atoms with Crippen LogP contribution in [-0.4, -0.2) is 30.0 Å². The van der Waals surface area contributed by atoms with Crippen LogP contribution in [0.25, 0.3) is 22.0 Å². The zero-order chi connectivity index (χ0) is 21.6. The Morgan fingerprint density at radius 1 is 0.968 bits per heavy atom. The van der Waals surface area contributed by atoms with E-state index in [1.807, 2.05) is 37.5 Å². The molecule has 1 aliphatic heterocycles. The van der Waals surface area contributed by atoms with Crippen LogP contribution < -0.4 is 14.5 Å². The standard InChI is InChI=1S/C23H17F3N4O/c1-29-14-30(17-5-7-18(8-6-17)31-23(24,25)26)22-19-11-15(16-3-2-10-27-12-16)4-9-20(19)28-13-21(22)29/h2-13H,14H2,1H3. The molecule has 2 aromatic heterocycles. The Balaban J connectivity index is 1.60. The summed E-state index contributed by atoms with van der Waals surface area (Å²) in [4.78, 5) is 12.9. The molecular weight excluding hydrogens is 405 g/mol. The minimum Gasteiger partial charge on any atom is -0.406 e. The van der Waals surface area contributed by atoms with E-state index in [1.54, 1.807) is 24.5 Å². The van der Waals surface area contributed by atoms with Gasteiger partial charge in [0, 0.05) is 36.1 Å². The van der Waals surface area contributed by atoms with Crippen molar-refractivity contribution in [3.8, 4) is 16.9 Å². The van der Waals surface area contributed by atoms with Crippen LogP contribution in [0.4, 0.5) is 30.2 Å². The molecule has 0 aliphatic carbocycles. The molecule has 5 nitrogen and oxygen atoms in total. The fourth-order valence-electron chi connectivity index (χ4n) is 3.84. The van der Waals surface area contributed by atoms with Crippen LogP contribution in [-0.2, 0) is 0 Å². The van der Waals surface area contributed by atoms with E-state index in [0.717, 1.165) is 39.1 Å². The molecule has 31 heavy (non-hydrogen) atoms. The monoisotopic (exact) mass is 422 g/mol. The first-order valence-corrected chi connectivity index (χ1v) is 9.57. The van der Waals surface area contributed by atoms with Gasteiger partial charge in [-0.3, -0.25) is 9.97 Å². The van der Waals surface area contributed by atoms with Crippen LogP contribution in [0.15, 0.2) is 73.2 Å². The normalized spacial score (nSPS) is 13.5. The van der Waals surface area contributed by atoms with Crippen molar-refractivity contribution in [2.45, 2.75) is 6.36 Å². The van der Waals surface area contributed by atoms with Crippen LogP contribution in [0.2, 0.25) is 0 Å². The fourth-order valence-corrected chi connectivity index (χ4v) is 3.84. The second-order valence-electron chi connectivity index (χ2n) is 7.27. The number of hydrogen-bond acceptors (Lipinski definition) is 5. The number of halogens is 3. The molecule has 0 saturated carbocycles. The Bertz CT molecular complexity index is 1240. The lowest BCUT2D eigenvalue weighted by molar-refractivity contribution is -0.274. The van der Waals surface area contributed by atoms with E-state index in [-0.39, 0.29) is 5.75 Å². The maximum Gasteiger partial charge on any atom is 0.573 e. The molecule has 0 N–H and O–H groups in total. The quantitative estimate of drug-likeness (QED) is 0.421. The number of benzene rings is 2. The number of pyridine rings is 2. The average Bonchev–Trinajstić information content (AvgIpc) is 3.10. The number of rotatable bonds is 3. The molecular formula is C23H17F3N4O. The lowest BCUT2D eigenvalue weighted by Crippen LogP contribution is -2.24. The zero-order valence-electron chi connectivity index (χ0n) is 16.5. The molecule has 156 valence electrons. The molecule has 3 heterocycles. The van der Waals surface area contributed by atoms with Gasteiger partial charge < -0.3 is 14.5 Å². The van der Waals surface area contributed by atoms with Gasteiger partial charge in [0.05, 0.1) is 29.8 Å². The Hall–Kier alpha value is -3.81. The third-order valence-electron chi connectivity index (χ3n) is 5.23. The zero-order valence-corrected chi connectivity index (χ0v) is 16.5. The number of anilines is 3. The van der Waals surface area contributed by atoms with Gasteiger partial charge in [-0.2, -0.15) is 0 Å². The summed E-state index contributed by atoms with van der Waals surface area (Å²) in [6, 6.07) is 15.8. The highest BCUT2D eigenvalue weighted by molar-refractivity contribution is 6.04. The fraction of sp³-hybridized carbons (Fsp3) is 0.130. The van der Waals surface area contributed by atoms with Crippen molar-refractivity contribution in [2.24, 2.45) is 0 Å². The first-order valence-electron chi connectivity index (χ1n) is 9.57. The van der Waals surface area contributed by atoms with Gasteiger partial charge in [-0.25, -0.2) is 0 Å². The molecule has 8 heteroatoms. The van der Waals surface area contributed by atoms with Crippen molar-refractivity contribution in [3.05, 3.63) is 73.2 Å². The third kappa shape index (κ3) is 3.61. The van der Waals surface area contributed by atoms with Crippen molar-refractivity contribution in [1.29, 1.82) is 0 Å². The molecule has 0 saturated heterocycles. The van der Waals surface area contributed by atoms with Gasteiger partial charge in [0.25, 0.3) is 0 Å². The molecule has 5 rings (SSSR count). The maximum atomic E-state index is 12.5. The van der Waals surface area contributed by atoms with Crippen molar-refractivity contribution in [3.63, 3.8) is 0 Å². The molecule has 2 aromatic carbocycles. The lowest BCUT2D eigenvalue weighted by atomic mass is 10.0. The first kappa shape index (κ1) is 19.2. The SMILES string of the molecule is CN1CN(c2ccc(OC(F)(F)F)cc2)c2c1cnc1ccc(-c3cccnc3)cc21. The van der Waals surface area contributed by atoms with Crippen molar-refractivity contribution < 1.29 is 17.9 Å². The molecule has 0 spiro atoms. The summed E-state index contributed by atoms with van der Waals surface area (Å²) in [6.45, 7) is 0.548. The van der Waals surface area contributed by atoms with Crippen molar-refractivity contribution >= 4 is 28.0 Å². The highest BCUT2D eigenvalue weighted by atomic mass is 19.4. The molecule has 0 unspecified atom stereocenters. The van der Waals surface area contributed by atoms with Gasteiger partial charge in [-0.15, -0.1) is 13.2 Å². The van der Waals surface area contributed by atoms with Crippen molar-refractivity contribution in [2.75, 3.05) is 23.5 Å². The summed E-state index contributed by atoms with van der Waals surface area (Å²) in [6.07, 6.45) is 0.642. The summed E-state index contributed by atoms with van der Waals surface area (Å²) >= 11 is 0. The Morgan fingerprint density at radius 2 is 1.77 bits per heavy atom. The first-order chi connectivity index (χ1) is 14.9. The molecule has 4 aromatic rings. The predicted molar refractivity (Wildman–Crippen MR) is 114 cm³/mol. The van der Waals surface area contributed by atoms with Crippen LogP contribution in [0.3, 0.4) is 0 Å². The van der Waals surface area contributed by atoms with E-state index in [1.165, 1.54) is 12.1 Å². The second-order valence-corrected chi connectivity index (χ2v) is 7.27.